The topological polar surface area (TPSA) is 38.3 Å². The van der Waals surface area contributed by atoms with Crippen LogP contribution in [0, 0.1) is 0 Å². The molecule has 0 unspecified atom stereocenters. The molecule has 2 aliphatic rings. The largest absolute Gasteiger partial charge is 0.496 e. The summed E-state index contributed by atoms with van der Waals surface area (Å²) < 4.78 is 5.61. The van der Waals surface area contributed by atoms with E-state index in [1.807, 2.05) is 0 Å². The lowest BCUT2D eigenvalue weighted by Gasteiger charge is -2.29. The van der Waals surface area contributed by atoms with Gasteiger partial charge in [-0.2, -0.15) is 0 Å². The number of carbonyl (C=O) groups is 1. The van der Waals surface area contributed by atoms with E-state index in [1.165, 1.54) is 27.8 Å². The van der Waals surface area contributed by atoms with Crippen molar-refractivity contribution in [2.75, 3.05) is 13.7 Å². The molecule has 1 amide bonds. The number of carbonyl (C=O) groups excluding carboxylic acids is 1. The molecule has 0 spiro atoms. The van der Waals surface area contributed by atoms with Gasteiger partial charge >= 0.3 is 0 Å². The molecule has 2 aliphatic carbocycles. The normalized spacial score (nSPS) is 16.2. The summed E-state index contributed by atoms with van der Waals surface area (Å²) in [5.41, 5.74) is 6.86. The SMILES string of the molecule is COC1=CCc2cccc3c2C1=C(CCNC(C)=O)CC3. The number of methoxy groups -OCH3 is 1. The predicted octanol–water partition coefficient (Wildman–Crippen LogP) is 3.00. The molecular weight excluding hydrogens is 262 g/mol. The first-order valence-corrected chi connectivity index (χ1v) is 7.53. The molecule has 0 saturated heterocycles. The highest BCUT2D eigenvalue weighted by Crippen LogP contribution is 2.42. The van der Waals surface area contributed by atoms with Gasteiger partial charge in [0.25, 0.3) is 0 Å². The summed E-state index contributed by atoms with van der Waals surface area (Å²) in [5.74, 6) is 1.02. The van der Waals surface area contributed by atoms with Crippen molar-refractivity contribution in [3.63, 3.8) is 0 Å². The highest BCUT2D eigenvalue weighted by molar-refractivity contribution is 5.86. The van der Waals surface area contributed by atoms with Crippen molar-refractivity contribution in [2.24, 2.45) is 0 Å². The third-order valence-corrected chi connectivity index (χ3v) is 4.31. The Morgan fingerprint density at radius 1 is 1.29 bits per heavy atom. The molecule has 110 valence electrons. The number of allylic oxidation sites excluding steroid dienone is 2. The summed E-state index contributed by atoms with van der Waals surface area (Å²) >= 11 is 0. The van der Waals surface area contributed by atoms with Gasteiger partial charge in [0.1, 0.15) is 5.76 Å². The van der Waals surface area contributed by atoms with E-state index < -0.39 is 0 Å². The standard InChI is InChI=1S/C18H21NO2/c1-12(20)19-11-10-15-7-6-13-4-3-5-14-8-9-16(21-2)18(15)17(13)14/h3-5,9H,6-8,10-11H2,1-2H3,(H,19,20). The van der Waals surface area contributed by atoms with Crippen LogP contribution in [0.2, 0.25) is 0 Å². The number of benzene rings is 1. The van der Waals surface area contributed by atoms with Crippen molar-refractivity contribution in [2.45, 2.75) is 32.6 Å². The van der Waals surface area contributed by atoms with Crippen molar-refractivity contribution in [1.29, 1.82) is 0 Å². The van der Waals surface area contributed by atoms with Crippen LogP contribution in [-0.2, 0) is 22.4 Å². The lowest BCUT2D eigenvalue weighted by atomic mass is 9.78. The second-order valence-corrected chi connectivity index (χ2v) is 5.64. The molecule has 3 rings (SSSR count). The minimum Gasteiger partial charge on any atom is -0.496 e. The number of ether oxygens (including phenoxy) is 1. The summed E-state index contributed by atoms with van der Waals surface area (Å²) in [7, 11) is 1.74. The fourth-order valence-corrected chi connectivity index (χ4v) is 3.37. The summed E-state index contributed by atoms with van der Waals surface area (Å²) in [5, 5.41) is 2.89. The van der Waals surface area contributed by atoms with Gasteiger partial charge in [-0.1, -0.05) is 23.8 Å². The molecule has 0 heterocycles. The second-order valence-electron chi connectivity index (χ2n) is 5.64. The van der Waals surface area contributed by atoms with Crippen molar-refractivity contribution in [3.8, 4) is 0 Å². The molecule has 3 heteroatoms. The highest BCUT2D eigenvalue weighted by Gasteiger charge is 2.27. The van der Waals surface area contributed by atoms with Crippen LogP contribution >= 0.6 is 0 Å². The Hall–Kier alpha value is -2.03. The summed E-state index contributed by atoms with van der Waals surface area (Å²) in [6, 6.07) is 6.58. The molecule has 3 nitrogen and oxygen atoms in total. The Morgan fingerprint density at radius 2 is 2.10 bits per heavy atom. The van der Waals surface area contributed by atoms with Crippen molar-refractivity contribution >= 4 is 11.5 Å². The number of rotatable bonds is 4. The van der Waals surface area contributed by atoms with Gasteiger partial charge in [-0.05, 0) is 48.4 Å². The van der Waals surface area contributed by atoms with Gasteiger partial charge in [0.05, 0.1) is 7.11 Å². The van der Waals surface area contributed by atoms with Gasteiger partial charge in [0.2, 0.25) is 5.91 Å². The zero-order valence-corrected chi connectivity index (χ0v) is 12.7. The molecule has 0 aliphatic heterocycles. The van der Waals surface area contributed by atoms with Gasteiger partial charge in [-0.15, -0.1) is 0 Å². The predicted molar refractivity (Wildman–Crippen MR) is 83.8 cm³/mol. The molecule has 21 heavy (non-hydrogen) atoms. The molecule has 1 N–H and O–H groups in total. The Morgan fingerprint density at radius 3 is 2.86 bits per heavy atom. The zero-order chi connectivity index (χ0) is 14.8. The fraction of sp³-hybridized carbons (Fsp3) is 0.389. The first kappa shape index (κ1) is 13.9. The first-order valence-electron chi connectivity index (χ1n) is 7.53. The van der Waals surface area contributed by atoms with Crippen LogP contribution in [0.25, 0.3) is 5.57 Å². The van der Waals surface area contributed by atoms with Crippen LogP contribution in [0.5, 0.6) is 0 Å². The Balaban J connectivity index is 1.99. The average Bonchev–Trinajstić information content (AvgIpc) is 2.49. The molecule has 0 fully saturated rings. The highest BCUT2D eigenvalue weighted by atomic mass is 16.5. The van der Waals surface area contributed by atoms with E-state index in [0.29, 0.717) is 6.54 Å². The molecule has 0 aromatic heterocycles. The first-order chi connectivity index (χ1) is 10.2. The van der Waals surface area contributed by atoms with Crippen molar-refractivity contribution < 1.29 is 9.53 Å². The summed E-state index contributed by atoms with van der Waals surface area (Å²) in [6.07, 6.45) is 6.13. The Bertz CT molecular complexity index is 641. The van der Waals surface area contributed by atoms with Crippen LogP contribution < -0.4 is 5.32 Å². The maximum atomic E-state index is 11.1. The van der Waals surface area contributed by atoms with Gasteiger partial charge < -0.3 is 10.1 Å². The molecule has 0 bridgehead atoms. The number of nitrogens with one attached hydrogen (secondary N) is 1. The smallest absolute Gasteiger partial charge is 0.216 e. The summed E-state index contributed by atoms with van der Waals surface area (Å²) in [4.78, 5) is 11.1. The molecular formula is C18H21NO2. The monoisotopic (exact) mass is 283 g/mol. The van der Waals surface area contributed by atoms with Crippen LogP contribution in [0.4, 0.5) is 0 Å². The van der Waals surface area contributed by atoms with Crippen molar-refractivity contribution in [3.05, 3.63) is 52.3 Å². The molecule has 0 radical (unpaired) electrons. The van der Waals surface area contributed by atoms with Gasteiger partial charge in [0, 0.05) is 19.0 Å². The summed E-state index contributed by atoms with van der Waals surface area (Å²) in [6.45, 7) is 2.26. The quantitative estimate of drug-likeness (QED) is 0.922. The van der Waals surface area contributed by atoms with Crippen LogP contribution in [0.1, 0.15) is 36.5 Å². The van der Waals surface area contributed by atoms with Gasteiger partial charge in [-0.25, -0.2) is 0 Å². The van der Waals surface area contributed by atoms with E-state index in [1.54, 1.807) is 14.0 Å². The second kappa shape index (κ2) is 5.76. The van der Waals surface area contributed by atoms with Crippen LogP contribution in [-0.4, -0.2) is 19.6 Å². The van der Waals surface area contributed by atoms with E-state index in [2.05, 4.69) is 29.6 Å². The zero-order valence-electron chi connectivity index (χ0n) is 12.7. The average molecular weight is 283 g/mol. The van der Waals surface area contributed by atoms with E-state index in [4.69, 9.17) is 4.74 Å². The van der Waals surface area contributed by atoms with E-state index in [-0.39, 0.29) is 5.91 Å². The minimum absolute atomic E-state index is 0.0312. The van der Waals surface area contributed by atoms with E-state index >= 15 is 0 Å². The lowest BCUT2D eigenvalue weighted by molar-refractivity contribution is -0.118. The number of hydrogen-bond donors (Lipinski definition) is 1. The maximum absolute atomic E-state index is 11.1. The Kier molecular flexibility index (Phi) is 3.82. The number of amides is 1. The third kappa shape index (κ3) is 2.60. The molecule has 1 aromatic carbocycles. The van der Waals surface area contributed by atoms with Gasteiger partial charge in [0.15, 0.2) is 0 Å². The number of aryl methyl sites for hydroxylation is 1. The fourth-order valence-electron chi connectivity index (χ4n) is 3.37. The maximum Gasteiger partial charge on any atom is 0.216 e. The molecule has 1 aromatic rings. The van der Waals surface area contributed by atoms with E-state index in [0.717, 1.165) is 31.4 Å². The van der Waals surface area contributed by atoms with Crippen LogP contribution in [0.15, 0.2) is 35.6 Å². The lowest BCUT2D eigenvalue weighted by Crippen LogP contribution is -2.22. The minimum atomic E-state index is 0.0312. The number of hydrogen-bond acceptors (Lipinski definition) is 2. The Labute approximate surface area is 125 Å². The molecule has 0 saturated carbocycles. The van der Waals surface area contributed by atoms with Crippen LogP contribution in [0.3, 0.4) is 0 Å². The molecule has 0 atom stereocenters. The third-order valence-electron chi connectivity index (χ3n) is 4.31. The van der Waals surface area contributed by atoms with E-state index in [9.17, 15) is 4.79 Å². The van der Waals surface area contributed by atoms with Crippen molar-refractivity contribution in [1.82, 2.24) is 5.32 Å². The van der Waals surface area contributed by atoms with Gasteiger partial charge in [-0.3, -0.25) is 4.79 Å².